The van der Waals surface area contributed by atoms with E-state index >= 15 is 0 Å². The number of nitrogens with zero attached hydrogens (tertiary/aromatic N) is 3. The molecule has 0 amide bonds. The standard InChI is InChI=1S/C18H17N3O3S/c1-11-10-15(17(22)24-11)25-18-20-19-16(14-8-9-23-12(14)2)21(18)13-6-4-3-5-7-13/h3-9,11,15H,10H2,1-2H3/t11-,15+/m1/s1. The maximum Gasteiger partial charge on any atom is 0.319 e. The molecule has 2 aromatic heterocycles. The summed E-state index contributed by atoms with van der Waals surface area (Å²) in [7, 11) is 0. The quantitative estimate of drug-likeness (QED) is 0.666. The fraction of sp³-hybridized carbons (Fsp3) is 0.278. The van der Waals surface area contributed by atoms with Crippen LogP contribution in [0.3, 0.4) is 0 Å². The Labute approximate surface area is 149 Å². The minimum atomic E-state index is -0.264. The summed E-state index contributed by atoms with van der Waals surface area (Å²) in [5.74, 6) is 1.27. The van der Waals surface area contributed by atoms with E-state index in [0.29, 0.717) is 17.4 Å². The van der Waals surface area contributed by atoms with E-state index in [9.17, 15) is 4.79 Å². The van der Waals surface area contributed by atoms with Crippen LogP contribution in [0.4, 0.5) is 0 Å². The van der Waals surface area contributed by atoms with Crippen LogP contribution >= 0.6 is 11.8 Å². The molecular formula is C18H17N3O3S. The fourth-order valence-corrected chi connectivity index (χ4v) is 4.05. The molecular weight excluding hydrogens is 338 g/mol. The molecule has 1 aliphatic heterocycles. The molecule has 0 saturated carbocycles. The van der Waals surface area contributed by atoms with E-state index < -0.39 is 0 Å². The number of benzene rings is 1. The van der Waals surface area contributed by atoms with Gasteiger partial charge >= 0.3 is 5.97 Å². The Hall–Kier alpha value is -2.54. The van der Waals surface area contributed by atoms with Crippen molar-refractivity contribution in [2.24, 2.45) is 0 Å². The lowest BCUT2D eigenvalue weighted by atomic mass is 10.2. The summed E-state index contributed by atoms with van der Waals surface area (Å²) in [5.41, 5.74) is 1.82. The minimum absolute atomic E-state index is 0.0614. The molecule has 1 aliphatic rings. The fourth-order valence-electron chi connectivity index (χ4n) is 2.89. The molecule has 0 unspecified atom stereocenters. The van der Waals surface area contributed by atoms with Gasteiger partial charge in [0.05, 0.1) is 11.8 Å². The first-order chi connectivity index (χ1) is 12.1. The SMILES string of the molecule is Cc1occc1-c1nnc(S[C@H]2C[C@@H](C)OC2=O)n1-c1ccccc1. The molecule has 7 heteroatoms. The third kappa shape index (κ3) is 2.95. The molecule has 0 aliphatic carbocycles. The number of furan rings is 1. The second-order valence-electron chi connectivity index (χ2n) is 5.96. The lowest BCUT2D eigenvalue weighted by Gasteiger charge is -2.11. The predicted molar refractivity (Wildman–Crippen MR) is 93.6 cm³/mol. The topological polar surface area (TPSA) is 70.2 Å². The zero-order chi connectivity index (χ0) is 17.4. The molecule has 0 N–H and O–H groups in total. The zero-order valence-corrected chi connectivity index (χ0v) is 14.7. The lowest BCUT2D eigenvalue weighted by Crippen LogP contribution is -2.11. The summed E-state index contributed by atoms with van der Waals surface area (Å²) in [6.07, 6.45) is 2.25. The van der Waals surface area contributed by atoms with E-state index in [1.807, 2.05) is 54.8 Å². The molecule has 6 nitrogen and oxygen atoms in total. The van der Waals surface area contributed by atoms with Crippen LogP contribution in [-0.4, -0.2) is 32.1 Å². The number of cyclic esters (lactones) is 1. The van der Waals surface area contributed by atoms with Gasteiger partial charge in [-0.3, -0.25) is 9.36 Å². The van der Waals surface area contributed by atoms with Gasteiger partial charge in [0.2, 0.25) is 0 Å². The summed E-state index contributed by atoms with van der Waals surface area (Å²) in [6.45, 7) is 3.79. The number of carbonyl (C=O) groups excluding carboxylic acids is 1. The van der Waals surface area contributed by atoms with Crippen molar-refractivity contribution in [3.63, 3.8) is 0 Å². The van der Waals surface area contributed by atoms with Gasteiger partial charge in [0.25, 0.3) is 0 Å². The van der Waals surface area contributed by atoms with Crippen LogP contribution < -0.4 is 0 Å². The maximum atomic E-state index is 12.0. The van der Waals surface area contributed by atoms with Crippen LogP contribution in [0.15, 0.2) is 52.2 Å². The molecule has 25 heavy (non-hydrogen) atoms. The third-order valence-electron chi connectivity index (χ3n) is 4.12. The van der Waals surface area contributed by atoms with Crippen molar-refractivity contribution in [3.05, 3.63) is 48.4 Å². The number of esters is 1. The average molecular weight is 355 g/mol. The second-order valence-corrected chi connectivity index (χ2v) is 7.13. The Morgan fingerprint density at radius 1 is 1.20 bits per heavy atom. The van der Waals surface area contributed by atoms with Crippen LogP contribution in [0.25, 0.3) is 17.1 Å². The molecule has 1 aromatic carbocycles. The molecule has 1 saturated heterocycles. The number of carbonyl (C=O) groups is 1. The summed E-state index contributed by atoms with van der Waals surface area (Å²) >= 11 is 1.39. The van der Waals surface area contributed by atoms with Crippen molar-refractivity contribution in [2.75, 3.05) is 0 Å². The number of aryl methyl sites for hydroxylation is 1. The smallest absolute Gasteiger partial charge is 0.319 e. The van der Waals surface area contributed by atoms with Crippen molar-refractivity contribution < 1.29 is 13.9 Å². The first-order valence-corrected chi connectivity index (χ1v) is 8.94. The Kier molecular flexibility index (Phi) is 4.09. The Bertz CT molecular complexity index is 903. The highest BCUT2D eigenvalue weighted by Crippen LogP contribution is 2.35. The van der Waals surface area contributed by atoms with E-state index in [0.717, 1.165) is 17.0 Å². The first kappa shape index (κ1) is 16.0. The van der Waals surface area contributed by atoms with Crippen molar-refractivity contribution in [1.29, 1.82) is 0 Å². The second kappa shape index (κ2) is 6.40. The van der Waals surface area contributed by atoms with Crippen LogP contribution in [-0.2, 0) is 9.53 Å². The van der Waals surface area contributed by atoms with Crippen molar-refractivity contribution in [1.82, 2.24) is 14.8 Å². The Balaban J connectivity index is 1.79. The predicted octanol–water partition coefficient (Wildman–Crippen LogP) is 3.63. The van der Waals surface area contributed by atoms with Crippen molar-refractivity contribution >= 4 is 17.7 Å². The van der Waals surface area contributed by atoms with E-state index in [1.54, 1.807) is 6.26 Å². The molecule has 0 bridgehead atoms. The van der Waals surface area contributed by atoms with E-state index in [2.05, 4.69) is 10.2 Å². The van der Waals surface area contributed by atoms with Gasteiger partial charge in [-0.2, -0.15) is 0 Å². The van der Waals surface area contributed by atoms with Crippen LogP contribution in [0.5, 0.6) is 0 Å². The number of para-hydroxylation sites is 1. The summed E-state index contributed by atoms with van der Waals surface area (Å²) in [6, 6.07) is 11.7. The monoisotopic (exact) mass is 355 g/mol. The third-order valence-corrected chi connectivity index (χ3v) is 5.27. The number of ether oxygens (including phenoxy) is 1. The van der Waals surface area contributed by atoms with E-state index in [4.69, 9.17) is 9.15 Å². The van der Waals surface area contributed by atoms with Gasteiger partial charge in [0.1, 0.15) is 17.1 Å². The molecule has 128 valence electrons. The number of thioether (sulfide) groups is 1. The van der Waals surface area contributed by atoms with Crippen LogP contribution in [0, 0.1) is 6.92 Å². The summed E-state index contributed by atoms with van der Waals surface area (Å²) in [5, 5.41) is 9.10. The number of hydrogen-bond donors (Lipinski definition) is 0. The first-order valence-electron chi connectivity index (χ1n) is 8.06. The van der Waals surface area contributed by atoms with Gasteiger partial charge in [-0.25, -0.2) is 0 Å². The number of rotatable bonds is 4. The highest BCUT2D eigenvalue weighted by atomic mass is 32.2. The van der Waals surface area contributed by atoms with Gasteiger partial charge in [0.15, 0.2) is 11.0 Å². The van der Waals surface area contributed by atoms with E-state index in [-0.39, 0.29) is 17.3 Å². The molecule has 3 heterocycles. The van der Waals surface area contributed by atoms with Gasteiger partial charge in [-0.15, -0.1) is 10.2 Å². The highest BCUT2D eigenvalue weighted by Gasteiger charge is 2.34. The maximum absolute atomic E-state index is 12.0. The highest BCUT2D eigenvalue weighted by molar-refractivity contribution is 8.00. The minimum Gasteiger partial charge on any atom is -0.469 e. The summed E-state index contributed by atoms with van der Waals surface area (Å²) in [4.78, 5) is 12.0. The summed E-state index contributed by atoms with van der Waals surface area (Å²) < 4.78 is 12.6. The van der Waals surface area contributed by atoms with Gasteiger partial charge in [0, 0.05) is 12.1 Å². The van der Waals surface area contributed by atoms with Gasteiger partial charge < -0.3 is 9.15 Å². The molecule has 1 fully saturated rings. The average Bonchev–Trinajstić information content (AvgIpc) is 3.28. The number of hydrogen-bond acceptors (Lipinski definition) is 6. The lowest BCUT2D eigenvalue weighted by molar-refractivity contribution is -0.140. The zero-order valence-electron chi connectivity index (χ0n) is 13.9. The molecule has 2 atom stereocenters. The Morgan fingerprint density at radius 3 is 2.64 bits per heavy atom. The van der Waals surface area contributed by atoms with Crippen LogP contribution in [0.2, 0.25) is 0 Å². The van der Waals surface area contributed by atoms with Crippen molar-refractivity contribution in [2.45, 2.75) is 36.8 Å². The molecule has 3 aromatic rings. The van der Waals surface area contributed by atoms with Gasteiger partial charge in [-0.1, -0.05) is 30.0 Å². The van der Waals surface area contributed by atoms with Crippen LogP contribution in [0.1, 0.15) is 19.1 Å². The molecule has 0 spiro atoms. The van der Waals surface area contributed by atoms with Gasteiger partial charge in [-0.05, 0) is 32.0 Å². The molecule has 0 radical (unpaired) electrons. The largest absolute Gasteiger partial charge is 0.469 e. The van der Waals surface area contributed by atoms with E-state index in [1.165, 1.54) is 11.8 Å². The molecule has 4 rings (SSSR count). The number of aromatic nitrogens is 3. The Morgan fingerprint density at radius 2 is 2.00 bits per heavy atom. The normalized spacial score (nSPS) is 20.0. The van der Waals surface area contributed by atoms with Crippen molar-refractivity contribution in [3.8, 4) is 17.1 Å².